The molecule has 2 aromatic heterocycles. The van der Waals surface area contributed by atoms with Crippen molar-refractivity contribution >= 4 is 29.3 Å². The van der Waals surface area contributed by atoms with Crippen LogP contribution in [0.3, 0.4) is 0 Å². The van der Waals surface area contributed by atoms with Crippen molar-refractivity contribution < 1.29 is 24.2 Å². The summed E-state index contributed by atoms with van der Waals surface area (Å²) in [4.78, 5) is 29.5. The second-order valence-corrected chi connectivity index (χ2v) is 7.82. The van der Waals surface area contributed by atoms with Crippen LogP contribution in [-0.2, 0) is 0 Å². The number of rotatable bonds is 7. The molecule has 8 nitrogen and oxygen atoms in total. The molecule has 9 heteroatoms. The Balaban J connectivity index is 1.76. The smallest absolute Gasteiger partial charge is 0.335 e. The molecule has 1 aromatic carbocycles. The van der Waals surface area contributed by atoms with E-state index in [-0.39, 0.29) is 23.2 Å². The predicted octanol–water partition coefficient (Wildman–Crippen LogP) is 4.12. The van der Waals surface area contributed by atoms with Crippen LogP contribution in [0.1, 0.15) is 57.6 Å². The summed E-state index contributed by atoms with van der Waals surface area (Å²) in [5.41, 5.74) is 0.942. The molecule has 0 aliphatic carbocycles. The maximum absolute atomic E-state index is 11.5. The molecule has 0 bridgehead atoms. The van der Waals surface area contributed by atoms with Gasteiger partial charge in [0, 0.05) is 18.3 Å². The fourth-order valence-electron chi connectivity index (χ4n) is 3.88. The molecule has 1 saturated heterocycles. The normalized spacial score (nSPS) is 17.9. The summed E-state index contributed by atoms with van der Waals surface area (Å²) in [6.07, 6.45) is 2.60. The summed E-state index contributed by atoms with van der Waals surface area (Å²) < 4.78 is 6.14. The topological polar surface area (TPSA) is 116 Å². The van der Waals surface area contributed by atoms with Gasteiger partial charge >= 0.3 is 11.9 Å². The van der Waals surface area contributed by atoms with E-state index in [1.165, 1.54) is 12.1 Å². The van der Waals surface area contributed by atoms with Crippen molar-refractivity contribution in [3.63, 3.8) is 0 Å². The van der Waals surface area contributed by atoms with Crippen molar-refractivity contribution in [2.45, 2.75) is 25.4 Å². The molecule has 0 amide bonds. The van der Waals surface area contributed by atoms with Gasteiger partial charge in [0.15, 0.2) is 5.11 Å². The van der Waals surface area contributed by atoms with Crippen molar-refractivity contribution in [1.29, 1.82) is 0 Å². The minimum atomic E-state index is -1.21. The number of carboxylic acid groups (broad SMARTS) is 2. The van der Waals surface area contributed by atoms with E-state index in [9.17, 15) is 19.8 Å². The third kappa shape index (κ3) is 4.06. The number of carboxylic acids is 2. The van der Waals surface area contributed by atoms with Gasteiger partial charge in [-0.05, 0) is 61.1 Å². The Morgan fingerprint density at radius 2 is 1.84 bits per heavy atom. The lowest BCUT2D eigenvalue weighted by molar-refractivity contribution is 0.0696. The van der Waals surface area contributed by atoms with Gasteiger partial charge in [0.05, 0.1) is 22.9 Å². The van der Waals surface area contributed by atoms with Crippen LogP contribution >= 0.6 is 12.2 Å². The number of benzene rings is 1. The standard InChI is InChI=1S/C23H21N3O5S/c1-2-9-26-20(19(25-23(26)32)16-5-3-4-8-24-16)18-7-6-17(31-18)13-10-14(21(27)28)12-15(11-13)22(29)30/h3-8,10-12,19-20H,2,9H2,1H3,(H,25,32)(H,27,28)(H,29,30)/t19-,20-/m1/s1. The third-order valence-corrected chi connectivity index (χ3v) is 5.64. The van der Waals surface area contributed by atoms with Gasteiger partial charge in [0.25, 0.3) is 0 Å². The molecule has 0 unspecified atom stereocenters. The Hall–Kier alpha value is -3.72. The number of aromatic nitrogens is 1. The summed E-state index contributed by atoms with van der Waals surface area (Å²) in [5, 5.41) is 22.7. The largest absolute Gasteiger partial charge is 0.478 e. The highest BCUT2D eigenvalue weighted by Crippen LogP contribution is 2.40. The Morgan fingerprint density at radius 1 is 1.12 bits per heavy atom. The van der Waals surface area contributed by atoms with E-state index in [4.69, 9.17) is 16.6 Å². The molecular weight excluding hydrogens is 430 g/mol. The Kier molecular flexibility index (Phi) is 5.91. The monoisotopic (exact) mass is 451 g/mol. The molecule has 164 valence electrons. The van der Waals surface area contributed by atoms with Gasteiger partial charge in [-0.1, -0.05) is 13.0 Å². The zero-order valence-electron chi connectivity index (χ0n) is 17.2. The van der Waals surface area contributed by atoms with Gasteiger partial charge in [-0.3, -0.25) is 4.98 Å². The lowest BCUT2D eigenvalue weighted by Gasteiger charge is -2.25. The highest BCUT2D eigenvalue weighted by molar-refractivity contribution is 7.80. The maximum Gasteiger partial charge on any atom is 0.335 e. The zero-order chi connectivity index (χ0) is 22.8. The van der Waals surface area contributed by atoms with E-state index in [0.29, 0.717) is 28.7 Å². The molecule has 0 spiro atoms. The summed E-state index contributed by atoms with van der Waals surface area (Å²) in [6, 6.07) is 12.6. The first-order valence-corrected chi connectivity index (χ1v) is 10.5. The fraction of sp³-hybridized carbons (Fsp3) is 0.217. The number of hydrogen-bond donors (Lipinski definition) is 3. The summed E-state index contributed by atoms with van der Waals surface area (Å²) in [6.45, 7) is 2.78. The molecule has 3 N–H and O–H groups in total. The van der Waals surface area contributed by atoms with Crippen LogP contribution in [0.5, 0.6) is 0 Å². The summed E-state index contributed by atoms with van der Waals surface area (Å²) >= 11 is 5.57. The first kappa shape index (κ1) is 21.5. The van der Waals surface area contributed by atoms with Crippen molar-refractivity contribution in [3.8, 4) is 11.3 Å². The van der Waals surface area contributed by atoms with Gasteiger partial charge in [-0.25, -0.2) is 9.59 Å². The van der Waals surface area contributed by atoms with E-state index in [2.05, 4.69) is 17.2 Å². The van der Waals surface area contributed by atoms with Crippen molar-refractivity contribution in [2.24, 2.45) is 0 Å². The summed E-state index contributed by atoms with van der Waals surface area (Å²) in [5.74, 6) is -1.43. The number of thiocarbonyl (C=S) groups is 1. The molecule has 1 fully saturated rings. The van der Waals surface area contributed by atoms with Gasteiger partial charge in [0.1, 0.15) is 17.6 Å². The molecular formula is C23H21N3O5S. The second-order valence-electron chi connectivity index (χ2n) is 7.43. The van der Waals surface area contributed by atoms with E-state index >= 15 is 0 Å². The Morgan fingerprint density at radius 3 is 2.44 bits per heavy atom. The second kappa shape index (κ2) is 8.80. The highest BCUT2D eigenvalue weighted by Gasteiger charge is 2.41. The SMILES string of the molecule is CCCN1C(=S)N[C@H](c2ccccn2)[C@H]1c1ccc(-c2cc(C(=O)O)cc(C(=O)O)c2)o1. The maximum atomic E-state index is 11.5. The van der Waals surface area contributed by atoms with Crippen LogP contribution in [0, 0.1) is 0 Å². The minimum absolute atomic E-state index is 0.125. The van der Waals surface area contributed by atoms with Crippen molar-refractivity contribution in [1.82, 2.24) is 15.2 Å². The molecule has 2 atom stereocenters. The van der Waals surface area contributed by atoms with E-state index in [0.717, 1.165) is 18.2 Å². The number of furan rings is 1. The number of hydrogen-bond acceptors (Lipinski definition) is 5. The molecule has 3 heterocycles. The van der Waals surface area contributed by atoms with Crippen LogP contribution in [-0.4, -0.2) is 43.7 Å². The Labute approximate surface area is 189 Å². The zero-order valence-corrected chi connectivity index (χ0v) is 18.0. The highest BCUT2D eigenvalue weighted by atomic mass is 32.1. The van der Waals surface area contributed by atoms with Gasteiger partial charge < -0.3 is 24.8 Å². The average Bonchev–Trinajstić information content (AvgIpc) is 3.39. The van der Waals surface area contributed by atoms with E-state index < -0.39 is 11.9 Å². The Bertz CT molecular complexity index is 1150. The average molecular weight is 452 g/mol. The number of carbonyl (C=O) groups is 2. The van der Waals surface area contributed by atoms with Crippen LogP contribution < -0.4 is 5.32 Å². The predicted molar refractivity (Wildman–Crippen MR) is 121 cm³/mol. The number of nitrogens with one attached hydrogen (secondary N) is 1. The van der Waals surface area contributed by atoms with Gasteiger partial charge in [-0.2, -0.15) is 0 Å². The first-order valence-electron chi connectivity index (χ1n) is 10.1. The summed E-state index contributed by atoms with van der Waals surface area (Å²) in [7, 11) is 0. The van der Waals surface area contributed by atoms with Crippen LogP contribution in [0.15, 0.2) is 59.1 Å². The first-order chi connectivity index (χ1) is 15.4. The molecule has 1 aliphatic heterocycles. The molecule has 1 aliphatic rings. The third-order valence-electron chi connectivity index (χ3n) is 5.29. The lowest BCUT2D eigenvalue weighted by Crippen LogP contribution is -2.30. The van der Waals surface area contributed by atoms with Gasteiger partial charge in [0.2, 0.25) is 0 Å². The van der Waals surface area contributed by atoms with Crippen molar-refractivity contribution in [2.75, 3.05) is 6.54 Å². The van der Waals surface area contributed by atoms with Crippen LogP contribution in [0.4, 0.5) is 0 Å². The lowest BCUT2D eigenvalue weighted by atomic mass is 10.0. The number of nitrogens with zero attached hydrogens (tertiary/aromatic N) is 2. The fourth-order valence-corrected chi connectivity index (χ4v) is 4.21. The van der Waals surface area contributed by atoms with E-state index in [1.54, 1.807) is 12.3 Å². The minimum Gasteiger partial charge on any atom is -0.478 e. The number of pyridine rings is 1. The number of aromatic carboxylic acids is 2. The van der Waals surface area contributed by atoms with Crippen LogP contribution in [0.2, 0.25) is 0 Å². The molecule has 0 radical (unpaired) electrons. The van der Waals surface area contributed by atoms with Gasteiger partial charge in [-0.15, -0.1) is 0 Å². The molecule has 0 saturated carbocycles. The quantitative estimate of drug-likeness (QED) is 0.456. The van der Waals surface area contributed by atoms with E-state index in [1.807, 2.05) is 29.2 Å². The van der Waals surface area contributed by atoms with Crippen molar-refractivity contribution in [3.05, 3.63) is 77.3 Å². The molecule has 3 aromatic rings. The van der Waals surface area contributed by atoms with Crippen LogP contribution in [0.25, 0.3) is 11.3 Å². The molecule has 32 heavy (non-hydrogen) atoms. The molecule has 4 rings (SSSR count).